The van der Waals surface area contributed by atoms with Gasteiger partial charge in [0, 0.05) is 32.2 Å². The summed E-state index contributed by atoms with van der Waals surface area (Å²) in [6.07, 6.45) is 4.07. The van der Waals surface area contributed by atoms with Gasteiger partial charge in [-0.2, -0.15) is 0 Å². The summed E-state index contributed by atoms with van der Waals surface area (Å²) in [4.78, 5) is 4.93. The average Bonchev–Trinajstić information content (AvgIpc) is 3.20. The quantitative estimate of drug-likeness (QED) is 0.830. The molecule has 1 N–H and O–H groups in total. The van der Waals surface area contributed by atoms with Gasteiger partial charge >= 0.3 is 0 Å². The van der Waals surface area contributed by atoms with Crippen LogP contribution in [0.1, 0.15) is 30.4 Å². The third-order valence-electron chi connectivity index (χ3n) is 4.67. The van der Waals surface area contributed by atoms with Crippen molar-refractivity contribution >= 4 is 0 Å². The summed E-state index contributed by atoms with van der Waals surface area (Å²) >= 11 is 0. The molecule has 0 amide bonds. The molecule has 3 nitrogen and oxygen atoms in total. The van der Waals surface area contributed by atoms with Crippen molar-refractivity contribution in [1.29, 1.82) is 0 Å². The van der Waals surface area contributed by atoms with Gasteiger partial charge in [0.25, 0.3) is 0 Å². The minimum Gasteiger partial charge on any atom is -0.310 e. The zero-order valence-corrected chi connectivity index (χ0v) is 13.5. The van der Waals surface area contributed by atoms with E-state index in [1.54, 1.807) is 0 Å². The first-order chi connectivity index (χ1) is 10.2. The fourth-order valence-corrected chi connectivity index (χ4v) is 3.38. The summed E-state index contributed by atoms with van der Waals surface area (Å²) in [5.74, 6) is 0.847. The maximum Gasteiger partial charge on any atom is 0.0230 e. The van der Waals surface area contributed by atoms with Gasteiger partial charge in [-0.25, -0.2) is 0 Å². The molecule has 116 valence electrons. The molecule has 0 radical (unpaired) electrons. The Bertz CT molecular complexity index is 456. The molecule has 1 unspecified atom stereocenters. The van der Waals surface area contributed by atoms with E-state index in [0.717, 1.165) is 25.0 Å². The van der Waals surface area contributed by atoms with E-state index in [4.69, 9.17) is 0 Å². The fraction of sp³-hybridized carbons (Fsp3) is 0.667. The van der Waals surface area contributed by atoms with E-state index in [0.29, 0.717) is 0 Å². The van der Waals surface area contributed by atoms with Crippen LogP contribution < -0.4 is 5.32 Å². The van der Waals surface area contributed by atoms with Crippen molar-refractivity contribution in [2.24, 2.45) is 5.92 Å². The largest absolute Gasteiger partial charge is 0.310 e. The molecule has 1 atom stereocenters. The molecule has 3 heteroatoms. The van der Waals surface area contributed by atoms with Crippen LogP contribution in [0.2, 0.25) is 0 Å². The van der Waals surface area contributed by atoms with Gasteiger partial charge in [0.05, 0.1) is 0 Å². The topological polar surface area (TPSA) is 18.5 Å². The van der Waals surface area contributed by atoms with Crippen LogP contribution in [-0.4, -0.2) is 49.6 Å². The summed E-state index contributed by atoms with van der Waals surface area (Å²) < 4.78 is 0. The van der Waals surface area contributed by atoms with Gasteiger partial charge in [0.2, 0.25) is 0 Å². The first-order valence-corrected chi connectivity index (χ1v) is 8.37. The highest BCUT2D eigenvalue weighted by Crippen LogP contribution is 2.20. The predicted molar refractivity (Wildman–Crippen MR) is 88.2 cm³/mol. The van der Waals surface area contributed by atoms with E-state index >= 15 is 0 Å². The number of hydrogen-bond donors (Lipinski definition) is 1. The van der Waals surface area contributed by atoms with Crippen LogP contribution >= 0.6 is 0 Å². The van der Waals surface area contributed by atoms with E-state index in [1.165, 1.54) is 50.0 Å². The van der Waals surface area contributed by atoms with Crippen LogP contribution in [0.5, 0.6) is 0 Å². The SMILES string of the molecule is CN1CCC(CN(C)Cc2cccc(CNC3CC3)c2)C1. The standard InChI is InChI=1S/C18H29N3/c1-20-9-8-17(13-20)14-21(2)12-16-5-3-4-15(10-16)11-19-18-6-7-18/h3-5,10,17-19H,6-9,11-14H2,1-2H3. The molecule has 1 heterocycles. The van der Waals surface area contributed by atoms with Crippen molar-refractivity contribution in [3.8, 4) is 0 Å². The zero-order valence-electron chi connectivity index (χ0n) is 13.5. The van der Waals surface area contributed by atoms with Crippen molar-refractivity contribution < 1.29 is 0 Å². The lowest BCUT2D eigenvalue weighted by Crippen LogP contribution is -2.27. The van der Waals surface area contributed by atoms with E-state index < -0.39 is 0 Å². The third kappa shape index (κ3) is 4.80. The summed E-state index contributed by atoms with van der Waals surface area (Å²) in [5.41, 5.74) is 2.87. The van der Waals surface area contributed by atoms with Gasteiger partial charge in [-0.05, 0) is 56.9 Å². The predicted octanol–water partition coefficient (Wildman–Crippen LogP) is 2.32. The van der Waals surface area contributed by atoms with Crippen LogP contribution in [0.4, 0.5) is 0 Å². The second-order valence-electron chi connectivity index (χ2n) is 7.09. The van der Waals surface area contributed by atoms with Crippen LogP contribution in [0.3, 0.4) is 0 Å². The van der Waals surface area contributed by atoms with Crippen molar-refractivity contribution in [3.05, 3.63) is 35.4 Å². The fourth-order valence-electron chi connectivity index (χ4n) is 3.38. The number of nitrogens with zero attached hydrogens (tertiary/aromatic N) is 2. The summed E-state index contributed by atoms with van der Waals surface area (Å²) in [5, 5.41) is 3.60. The maximum absolute atomic E-state index is 3.60. The smallest absolute Gasteiger partial charge is 0.0230 e. The lowest BCUT2D eigenvalue weighted by Gasteiger charge is -2.21. The van der Waals surface area contributed by atoms with Crippen LogP contribution in [0.25, 0.3) is 0 Å². The Labute approximate surface area is 129 Å². The van der Waals surface area contributed by atoms with Gasteiger partial charge in [0.1, 0.15) is 0 Å². The Morgan fingerprint density at radius 2 is 2.05 bits per heavy atom. The first kappa shape index (κ1) is 15.0. The Kier molecular flexibility index (Phi) is 4.94. The van der Waals surface area contributed by atoms with Gasteiger partial charge in [-0.1, -0.05) is 24.3 Å². The molecule has 1 saturated carbocycles. The lowest BCUT2D eigenvalue weighted by atomic mass is 10.1. The molecule has 0 aromatic heterocycles. The molecule has 1 saturated heterocycles. The van der Waals surface area contributed by atoms with E-state index in [1.807, 2.05) is 0 Å². The van der Waals surface area contributed by atoms with Crippen molar-refractivity contribution in [2.45, 2.75) is 38.4 Å². The molecular weight excluding hydrogens is 258 g/mol. The van der Waals surface area contributed by atoms with E-state index in [9.17, 15) is 0 Å². The summed E-state index contributed by atoms with van der Waals surface area (Å²) in [6.45, 7) is 5.83. The molecule has 21 heavy (non-hydrogen) atoms. The number of rotatable bonds is 7. The first-order valence-electron chi connectivity index (χ1n) is 8.37. The van der Waals surface area contributed by atoms with Crippen molar-refractivity contribution in [2.75, 3.05) is 33.7 Å². The lowest BCUT2D eigenvalue weighted by molar-refractivity contribution is 0.267. The Morgan fingerprint density at radius 1 is 1.24 bits per heavy atom. The second-order valence-corrected chi connectivity index (χ2v) is 7.09. The van der Waals surface area contributed by atoms with Gasteiger partial charge in [-0.15, -0.1) is 0 Å². The van der Waals surface area contributed by atoms with Gasteiger partial charge in [0.15, 0.2) is 0 Å². The van der Waals surface area contributed by atoms with E-state index in [-0.39, 0.29) is 0 Å². The third-order valence-corrected chi connectivity index (χ3v) is 4.67. The molecule has 1 aromatic rings. The Hall–Kier alpha value is -0.900. The number of benzene rings is 1. The highest BCUT2D eigenvalue weighted by atomic mass is 15.1. The molecule has 1 aromatic carbocycles. The second kappa shape index (κ2) is 6.91. The van der Waals surface area contributed by atoms with Crippen LogP contribution in [0, 0.1) is 5.92 Å². The summed E-state index contributed by atoms with van der Waals surface area (Å²) in [7, 11) is 4.49. The Morgan fingerprint density at radius 3 is 2.76 bits per heavy atom. The number of nitrogens with one attached hydrogen (secondary N) is 1. The number of likely N-dealkylation sites (tertiary alicyclic amines) is 1. The van der Waals surface area contributed by atoms with Crippen LogP contribution in [0.15, 0.2) is 24.3 Å². The molecule has 2 fully saturated rings. The van der Waals surface area contributed by atoms with E-state index in [2.05, 4.69) is 53.5 Å². The van der Waals surface area contributed by atoms with Gasteiger partial charge < -0.3 is 15.1 Å². The van der Waals surface area contributed by atoms with Gasteiger partial charge in [-0.3, -0.25) is 0 Å². The molecule has 0 spiro atoms. The minimum atomic E-state index is 0.788. The molecule has 2 aliphatic rings. The highest BCUT2D eigenvalue weighted by Gasteiger charge is 2.21. The van der Waals surface area contributed by atoms with Crippen molar-refractivity contribution in [3.63, 3.8) is 0 Å². The average molecular weight is 287 g/mol. The minimum absolute atomic E-state index is 0.788. The molecule has 1 aliphatic heterocycles. The maximum atomic E-state index is 3.60. The van der Waals surface area contributed by atoms with Crippen molar-refractivity contribution in [1.82, 2.24) is 15.1 Å². The molecule has 1 aliphatic carbocycles. The van der Waals surface area contributed by atoms with Crippen LogP contribution in [-0.2, 0) is 13.1 Å². The normalized spacial score (nSPS) is 23.1. The Balaban J connectivity index is 1.47. The zero-order chi connectivity index (χ0) is 14.7. The summed E-state index contributed by atoms with van der Waals surface area (Å²) in [6, 6.07) is 9.86. The number of hydrogen-bond acceptors (Lipinski definition) is 3. The highest BCUT2D eigenvalue weighted by molar-refractivity contribution is 5.23. The molecule has 3 rings (SSSR count). The molecular formula is C18H29N3. The molecule has 0 bridgehead atoms. The monoisotopic (exact) mass is 287 g/mol.